The zero-order valence-electron chi connectivity index (χ0n) is 10.6. The Labute approximate surface area is 113 Å². The van der Waals surface area contributed by atoms with E-state index in [1.807, 2.05) is 0 Å². The molecule has 2 rings (SSSR count). The van der Waals surface area contributed by atoms with E-state index in [1.54, 1.807) is 25.3 Å². The SMILES string of the molecule is Cc1cc(C(N)c2ccc(C(F)(F)F)c(F)c2)ccn1. The third-order valence-electron chi connectivity index (χ3n) is 2.94. The largest absolute Gasteiger partial charge is 0.419 e. The van der Waals surface area contributed by atoms with Gasteiger partial charge in [0.15, 0.2) is 0 Å². The van der Waals surface area contributed by atoms with Gasteiger partial charge < -0.3 is 5.73 Å². The summed E-state index contributed by atoms with van der Waals surface area (Å²) in [6, 6.07) is 5.37. The molecule has 1 unspecified atom stereocenters. The van der Waals surface area contributed by atoms with Gasteiger partial charge in [0.1, 0.15) is 5.82 Å². The van der Waals surface area contributed by atoms with Crippen molar-refractivity contribution >= 4 is 0 Å². The molecule has 0 aliphatic carbocycles. The number of aryl methyl sites for hydroxylation is 1. The van der Waals surface area contributed by atoms with Gasteiger partial charge in [0.2, 0.25) is 0 Å². The van der Waals surface area contributed by atoms with E-state index >= 15 is 0 Å². The molecular weight excluding hydrogens is 272 g/mol. The summed E-state index contributed by atoms with van der Waals surface area (Å²) in [5.41, 5.74) is 6.31. The average molecular weight is 284 g/mol. The lowest BCUT2D eigenvalue weighted by Gasteiger charge is -2.15. The maximum atomic E-state index is 13.5. The third kappa shape index (κ3) is 2.96. The fraction of sp³-hybridized carbons (Fsp3) is 0.214. The number of benzene rings is 1. The molecule has 1 heterocycles. The van der Waals surface area contributed by atoms with Gasteiger partial charge in [-0.3, -0.25) is 4.98 Å². The Hall–Kier alpha value is -1.95. The van der Waals surface area contributed by atoms with Gasteiger partial charge in [0, 0.05) is 11.9 Å². The molecule has 1 atom stereocenters. The van der Waals surface area contributed by atoms with Crippen LogP contribution < -0.4 is 5.73 Å². The maximum Gasteiger partial charge on any atom is 0.419 e. The Balaban J connectivity index is 2.37. The van der Waals surface area contributed by atoms with E-state index in [0.717, 1.165) is 11.8 Å². The Morgan fingerprint density at radius 2 is 1.75 bits per heavy atom. The van der Waals surface area contributed by atoms with Gasteiger partial charge >= 0.3 is 6.18 Å². The van der Waals surface area contributed by atoms with Crippen LogP contribution in [0.1, 0.15) is 28.4 Å². The van der Waals surface area contributed by atoms with E-state index in [0.29, 0.717) is 11.6 Å². The smallest absolute Gasteiger partial charge is 0.320 e. The molecule has 0 aliphatic rings. The second-order valence-electron chi connectivity index (χ2n) is 4.45. The molecule has 0 fully saturated rings. The summed E-state index contributed by atoms with van der Waals surface area (Å²) in [5.74, 6) is -1.32. The molecule has 1 aromatic carbocycles. The van der Waals surface area contributed by atoms with Gasteiger partial charge in [-0.15, -0.1) is 0 Å². The highest BCUT2D eigenvalue weighted by molar-refractivity contribution is 5.34. The van der Waals surface area contributed by atoms with Crippen molar-refractivity contribution in [3.05, 3.63) is 64.7 Å². The van der Waals surface area contributed by atoms with Crippen LogP contribution in [-0.4, -0.2) is 4.98 Å². The van der Waals surface area contributed by atoms with Gasteiger partial charge in [0.25, 0.3) is 0 Å². The van der Waals surface area contributed by atoms with Crippen LogP contribution in [0.15, 0.2) is 36.5 Å². The van der Waals surface area contributed by atoms with Gasteiger partial charge in [-0.05, 0) is 42.3 Å². The van der Waals surface area contributed by atoms with Crippen molar-refractivity contribution < 1.29 is 17.6 Å². The number of pyridine rings is 1. The first kappa shape index (κ1) is 14.5. The van der Waals surface area contributed by atoms with Crippen molar-refractivity contribution in [3.63, 3.8) is 0 Å². The van der Waals surface area contributed by atoms with E-state index in [1.165, 1.54) is 6.07 Å². The Morgan fingerprint density at radius 1 is 1.10 bits per heavy atom. The quantitative estimate of drug-likeness (QED) is 0.856. The van der Waals surface area contributed by atoms with Gasteiger partial charge in [-0.2, -0.15) is 13.2 Å². The van der Waals surface area contributed by atoms with E-state index in [-0.39, 0.29) is 5.56 Å². The van der Waals surface area contributed by atoms with E-state index in [4.69, 9.17) is 5.73 Å². The Bertz CT molecular complexity index is 623. The van der Waals surface area contributed by atoms with Crippen molar-refractivity contribution in [2.24, 2.45) is 5.73 Å². The number of nitrogens with two attached hydrogens (primary N) is 1. The lowest BCUT2D eigenvalue weighted by atomic mass is 9.98. The molecule has 0 radical (unpaired) electrons. The predicted octanol–water partition coefficient (Wildman–Crippen LogP) is 3.60. The zero-order chi connectivity index (χ0) is 14.9. The highest BCUT2D eigenvalue weighted by Crippen LogP contribution is 2.32. The molecule has 2 aromatic rings. The van der Waals surface area contributed by atoms with Crippen LogP contribution in [0.25, 0.3) is 0 Å². The average Bonchev–Trinajstić information content (AvgIpc) is 2.36. The molecule has 2 N–H and O–H groups in total. The van der Waals surface area contributed by atoms with E-state index < -0.39 is 23.6 Å². The fourth-order valence-corrected chi connectivity index (χ4v) is 1.91. The minimum absolute atomic E-state index is 0.279. The van der Waals surface area contributed by atoms with Crippen LogP contribution in [0.4, 0.5) is 17.6 Å². The lowest BCUT2D eigenvalue weighted by Crippen LogP contribution is -2.14. The van der Waals surface area contributed by atoms with Crippen LogP contribution in [0.2, 0.25) is 0 Å². The normalized spacial score (nSPS) is 13.3. The Morgan fingerprint density at radius 3 is 2.30 bits per heavy atom. The fourth-order valence-electron chi connectivity index (χ4n) is 1.91. The summed E-state index contributed by atoms with van der Waals surface area (Å²) in [6.45, 7) is 1.77. The standard InChI is InChI=1S/C14H12F4N2/c1-8-6-10(4-5-20-8)13(19)9-2-3-11(12(15)7-9)14(16,17)18/h2-7,13H,19H2,1H3. The molecular formula is C14H12F4N2. The second kappa shape index (κ2) is 5.20. The van der Waals surface area contributed by atoms with Gasteiger partial charge in [0.05, 0.1) is 11.6 Å². The first-order valence-corrected chi connectivity index (χ1v) is 5.84. The molecule has 0 spiro atoms. The van der Waals surface area contributed by atoms with Crippen LogP contribution in [-0.2, 0) is 6.18 Å². The predicted molar refractivity (Wildman–Crippen MR) is 66.4 cm³/mol. The zero-order valence-corrected chi connectivity index (χ0v) is 10.6. The van der Waals surface area contributed by atoms with E-state index in [2.05, 4.69) is 4.98 Å². The van der Waals surface area contributed by atoms with E-state index in [9.17, 15) is 17.6 Å². The molecule has 0 saturated carbocycles. The highest BCUT2D eigenvalue weighted by atomic mass is 19.4. The summed E-state index contributed by atoms with van der Waals surface area (Å²) < 4.78 is 50.9. The number of hydrogen-bond donors (Lipinski definition) is 1. The molecule has 0 saturated heterocycles. The second-order valence-corrected chi connectivity index (χ2v) is 4.45. The molecule has 6 heteroatoms. The first-order chi connectivity index (χ1) is 9.29. The summed E-state index contributed by atoms with van der Waals surface area (Å²) in [5, 5.41) is 0. The van der Waals surface area contributed by atoms with Gasteiger partial charge in [-0.25, -0.2) is 4.39 Å². The van der Waals surface area contributed by atoms with Crippen LogP contribution in [0.3, 0.4) is 0 Å². The van der Waals surface area contributed by atoms with Crippen molar-refractivity contribution in [2.45, 2.75) is 19.1 Å². The number of aromatic nitrogens is 1. The summed E-state index contributed by atoms with van der Waals surface area (Å²) >= 11 is 0. The Kier molecular flexibility index (Phi) is 3.76. The van der Waals surface area contributed by atoms with Crippen molar-refractivity contribution in [1.29, 1.82) is 0 Å². The van der Waals surface area contributed by atoms with Crippen LogP contribution in [0.5, 0.6) is 0 Å². The lowest BCUT2D eigenvalue weighted by molar-refractivity contribution is -0.140. The minimum atomic E-state index is -4.71. The summed E-state index contributed by atoms with van der Waals surface area (Å²) in [6.07, 6.45) is -3.16. The minimum Gasteiger partial charge on any atom is -0.320 e. The van der Waals surface area contributed by atoms with Gasteiger partial charge in [-0.1, -0.05) is 6.07 Å². The van der Waals surface area contributed by atoms with Crippen molar-refractivity contribution in [3.8, 4) is 0 Å². The van der Waals surface area contributed by atoms with Crippen molar-refractivity contribution in [1.82, 2.24) is 4.98 Å². The molecule has 106 valence electrons. The number of halogens is 4. The maximum absolute atomic E-state index is 13.5. The van der Waals surface area contributed by atoms with Crippen LogP contribution >= 0.6 is 0 Å². The molecule has 0 aliphatic heterocycles. The number of rotatable bonds is 2. The molecule has 1 aromatic heterocycles. The summed E-state index contributed by atoms with van der Waals surface area (Å²) in [7, 11) is 0. The third-order valence-corrected chi connectivity index (χ3v) is 2.94. The molecule has 2 nitrogen and oxygen atoms in total. The number of hydrogen-bond acceptors (Lipinski definition) is 2. The first-order valence-electron chi connectivity index (χ1n) is 5.84. The van der Waals surface area contributed by atoms with Crippen molar-refractivity contribution in [2.75, 3.05) is 0 Å². The monoisotopic (exact) mass is 284 g/mol. The number of alkyl halides is 3. The summed E-state index contributed by atoms with van der Waals surface area (Å²) in [4.78, 5) is 4.00. The highest BCUT2D eigenvalue weighted by Gasteiger charge is 2.34. The molecule has 0 bridgehead atoms. The molecule has 20 heavy (non-hydrogen) atoms. The van der Waals surface area contributed by atoms with Crippen LogP contribution in [0, 0.1) is 12.7 Å². The topological polar surface area (TPSA) is 38.9 Å². The number of nitrogens with zero attached hydrogens (tertiary/aromatic N) is 1. The molecule has 0 amide bonds.